The van der Waals surface area contributed by atoms with Crippen molar-refractivity contribution >= 4 is 0 Å². The molecule has 0 aromatic carbocycles. The van der Waals surface area contributed by atoms with Gasteiger partial charge >= 0.3 is 0 Å². The Hall–Kier alpha value is -0.340. The Morgan fingerprint density at radius 3 is 2.53 bits per heavy atom. The molecule has 0 spiro atoms. The predicted molar refractivity (Wildman–Crippen MR) is 60.6 cm³/mol. The lowest BCUT2D eigenvalue weighted by Crippen LogP contribution is -2.31. The van der Waals surface area contributed by atoms with E-state index in [9.17, 15) is 5.11 Å². The average molecular weight is 210 g/mol. The average Bonchev–Trinajstić information content (AvgIpc) is 2.76. The molecule has 2 heteroatoms. The molecular weight excluding hydrogens is 188 g/mol. The third-order valence-electron chi connectivity index (χ3n) is 4.14. The van der Waals surface area contributed by atoms with E-state index < -0.39 is 0 Å². The molecule has 0 aromatic heterocycles. The first-order valence-electron chi connectivity index (χ1n) is 6.13. The molecule has 1 aliphatic heterocycles. The Bertz CT molecular complexity index is 259. The molecule has 0 aromatic rings. The van der Waals surface area contributed by atoms with Crippen molar-refractivity contribution in [2.45, 2.75) is 58.3 Å². The quantitative estimate of drug-likeness (QED) is 0.710. The van der Waals surface area contributed by atoms with Gasteiger partial charge < -0.3 is 9.84 Å². The van der Waals surface area contributed by atoms with E-state index in [1.165, 1.54) is 12.0 Å². The summed E-state index contributed by atoms with van der Waals surface area (Å²) in [7, 11) is 0. The highest BCUT2D eigenvalue weighted by Crippen LogP contribution is 2.38. The third kappa shape index (κ3) is 1.98. The van der Waals surface area contributed by atoms with E-state index in [2.05, 4.69) is 26.8 Å². The zero-order valence-electron chi connectivity index (χ0n) is 9.94. The molecule has 15 heavy (non-hydrogen) atoms. The van der Waals surface area contributed by atoms with Crippen molar-refractivity contribution in [3.8, 4) is 0 Å². The lowest BCUT2D eigenvalue weighted by Gasteiger charge is -2.25. The number of rotatable bonds is 2. The van der Waals surface area contributed by atoms with Crippen LogP contribution in [0.15, 0.2) is 11.6 Å². The first-order valence-corrected chi connectivity index (χ1v) is 6.13. The summed E-state index contributed by atoms with van der Waals surface area (Å²) >= 11 is 0. The number of allylic oxidation sites excluding steroid dienone is 1. The van der Waals surface area contributed by atoms with Crippen molar-refractivity contribution < 1.29 is 9.84 Å². The second-order valence-electron chi connectivity index (χ2n) is 5.10. The Kier molecular flexibility index (Phi) is 3.17. The molecule has 1 N–H and O–H groups in total. The maximum absolute atomic E-state index is 10.4. The van der Waals surface area contributed by atoms with Crippen LogP contribution in [0.1, 0.15) is 40.0 Å². The second-order valence-corrected chi connectivity index (χ2v) is 5.10. The topological polar surface area (TPSA) is 29.5 Å². The number of ether oxygens (including phenoxy) is 1. The standard InChI is InChI=1S/C13H22O2/c1-8-9(2)15-10(3)12(8)13(14)11-6-4-5-7-11/h6,8-10,12-14H,4-5,7H2,1-3H3. The fourth-order valence-corrected chi connectivity index (χ4v) is 3.05. The van der Waals surface area contributed by atoms with Gasteiger partial charge in [0.15, 0.2) is 0 Å². The molecule has 0 saturated carbocycles. The fraction of sp³-hybridized carbons (Fsp3) is 0.846. The molecule has 1 fully saturated rings. The van der Waals surface area contributed by atoms with Crippen molar-refractivity contribution in [3.63, 3.8) is 0 Å². The van der Waals surface area contributed by atoms with Gasteiger partial charge in [0.05, 0.1) is 18.3 Å². The molecule has 86 valence electrons. The molecule has 2 aliphatic rings. The number of hydrogen-bond acceptors (Lipinski definition) is 2. The van der Waals surface area contributed by atoms with E-state index in [1.807, 2.05) is 0 Å². The molecule has 0 bridgehead atoms. The number of aliphatic hydroxyl groups excluding tert-OH is 1. The van der Waals surface area contributed by atoms with E-state index >= 15 is 0 Å². The van der Waals surface area contributed by atoms with Crippen LogP contribution in [-0.2, 0) is 4.74 Å². The van der Waals surface area contributed by atoms with E-state index in [4.69, 9.17) is 4.74 Å². The predicted octanol–water partition coefficient (Wildman–Crippen LogP) is 2.52. The molecule has 1 heterocycles. The van der Waals surface area contributed by atoms with Gasteiger partial charge in [0.25, 0.3) is 0 Å². The molecule has 0 radical (unpaired) electrons. The molecule has 2 rings (SSSR count). The largest absolute Gasteiger partial charge is 0.388 e. The van der Waals surface area contributed by atoms with Gasteiger partial charge in [-0.3, -0.25) is 0 Å². The minimum atomic E-state index is -0.276. The second kappa shape index (κ2) is 4.26. The van der Waals surface area contributed by atoms with Gasteiger partial charge in [0.2, 0.25) is 0 Å². The van der Waals surface area contributed by atoms with Crippen LogP contribution in [0.5, 0.6) is 0 Å². The van der Waals surface area contributed by atoms with Crippen LogP contribution in [-0.4, -0.2) is 23.4 Å². The van der Waals surface area contributed by atoms with E-state index in [0.29, 0.717) is 5.92 Å². The van der Waals surface area contributed by atoms with Crippen LogP contribution >= 0.6 is 0 Å². The molecule has 5 unspecified atom stereocenters. The lowest BCUT2D eigenvalue weighted by atomic mass is 9.82. The minimum Gasteiger partial charge on any atom is -0.388 e. The van der Waals surface area contributed by atoms with Crippen LogP contribution < -0.4 is 0 Å². The molecule has 1 saturated heterocycles. The van der Waals surface area contributed by atoms with Gasteiger partial charge in [-0.2, -0.15) is 0 Å². The molecule has 2 nitrogen and oxygen atoms in total. The van der Waals surface area contributed by atoms with Crippen molar-refractivity contribution in [3.05, 3.63) is 11.6 Å². The van der Waals surface area contributed by atoms with Crippen LogP contribution in [0.3, 0.4) is 0 Å². The Morgan fingerprint density at radius 2 is 2.07 bits per heavy atom. The molecular formula is C13H22O2. The SMILES string of the molecule is CC1OC(C)C(C(O)C2=CCCC2)C1C. The van der Waals surface area contributed by atoms with Gasteiger partial charge in [-0.25, -0.2) is 0 Å². The van der Waals surface area contributed by atoms with Crippen LogP contribution in [0.25, 0.3) is 0 Å². The highest BCUT2D eigenvalue weighted by atomic mass is 16.5. The summed E-state index contributed by atoms with van der Waals surface area (Å²) in [5.74, 6) is 0.737. The summed E-state index contributed by atoms with van der Waals surface area (Å²) in [5, 5.41) is 10.4. The summed E-state index contributed by atoms with van der Waals surface area (Å²) in [5.41, 5.74) is 1.25. The highest BCUT2D eigenvalue weighted by Gasteiger charge is 2.42. The first kappa shape index (κ1) is 11.2. The van der Waals surface area contributed by atoms with E-state index in [1.54, 1.807) is 0 Å². The monoisotopic (exact) mass is 210 g/mol. The van der Waals surface area contributed by atoms with Crippen molar-refractivity contribution in [2.24, 2.45) is 11.8 Å². The first-order chi connectivity index (χ1) is 7.11. The normalized spacial score (nSPS) is 43.1. The van der Waals surface area contributed by atoms with E-state index in [0.717, 1.165) is 12.8 Å². The van der Waals surface area contributed by atoms with Gasteiger partial charge in [0, 0.05) is 5.92 Å². The Labute approximate surface area is 92.3 Å². The van der Waals surface area contributed by atoms with Crippen LogP contribution in [0.4, 0.5) is 0 Å². The zero-order valence-corrected chi connectivity index (χ0v) is 9.94. The maximum atomic E-state index is 10.4. The van der Waals surface area contributed by atoms with Crippen molar-refractivity contribution in [2.75, 3.05) is 0 Å². The fourth-order valence-electron chi connectivity index (χ4n) is 3.05. The third-order valence-corrected chi connectivity index (χ3v) is 4.14. The minimum absolute atomic E-state index is 0.187. The molecule has 1 aliphatic carbocycles. The summed E-state index contributed by atoms with van der Waals surface area (Å²) in [6.45, 7) is 6.39. The van der Waals surface area contributed by atoms with E-state index in [-0.39, 0.29) is 24.2 Å². The summed E-state index contributed by atoms with van der Waals surface area (Å²) < 4.78 is 5.78. The highest BCUT2D eigenvalue weighted by molar-refractivity contribution is 5.15. The summed E-state index contributed by atoms with van der Waals surface area (Å²) in [6, 6.07) is 0. The maximum Gasteiger partial charge on any atom is 0.0806 e. The smallest absolute Gasteiger partial charge is 0.0806 e. The molecule has 5 atom stereocenters. The van der Waals surface area contributed by atoms with Crippen molar-refractivity contribution in [1.29, 1.82) is 0 Å². The van der Waals surface area contributed by atoms with Crippen LogP contribution in [0, 0.1) is 11.8 Å². The summed E-state index contributed by atoms with van der Waals surface area (Å²) in [6.07, 6.45) is 5.82. The number of aliphatic hydroxyl groups is 1. The zero-order chi connectivity index (χ0) is 11.0. The molecule has 0 amide bonds. The summed E-state index contributed by atoms with van der Waals surface area (Å²) in [4.78, 5) is 0. The van der Waals surface area contributed by atoms with Crippen molar-refractivity contribution in [1.82, 2.24) is 0 Å². The van der Waals surface area contributed by atoms with Gasteiger partial charge in [-0.1, -0.05) is 13.0 Å². The van der Waals surface area contributed by atoms with Gasteiger partial charge in [-0.05, 0) is 44.6 Å². The Balaban J connectivity index is 2.08. The van der Waals surface area contributed by atoms with Crippen LogP contribution in [0.2, 0.25) is 0 Å². The van der Waals surface area contributed by atoms with Gasteiger partial charge in [-0.15, -0.1) is 0 Å². The van der Waals surface area contributed by atoms with Gasteiger partial charge in [0.1, 0.15) is 0 Å². The number of hydrogen-bond donors (Lipinski definition) is 1. The Morgan fingerprint density at radius 1 is 1.33 bits per heavy atom. The lowest BCUT2D eigenvalue weighted by molar-refractivity contribution is 0.0326.